The minimum Gasteiger partial charge on any atom is -0.412 e. The van der Waals surface area contributed by atoms with Crippen LogP contribution < -0.4 is 22.5 Å². The van der Waals surface area contributed by atoms with Gasteiger partial charge in [-0.2, -0.15) is 22.2 Å². The van der Waals surface area contributed by atoms with E-state index >= 15 is 0 Å². The highest BCUT2D eigenvalue weighted by Gasteiger charge is 2.45. The Kier molecular flexibility index (Phi) is 17.0. The lowest BCUT2D eigenvalue weighted by molar-refractivity contribution is -0.0450. The van der Waals surface area contributed by atoms with E-state index in [0.29, 0.717) is 0 Å². The van der Waals surface area contributed by atoms with E-state index < -0.39 is 114 Å². The molecular formula is C20H35N7O28P6. The third-order valence-electron chi connectivity index (χ3n) is 7.26. The zero-order valence-corrected chi connectivity index (χ0v) is 35.3. The number of hydrogen-bond acceptors (Lipinski definition) is 22. The topological polar surface area (TPSA) is 555 Å². The Bertz CT molecular complexity index is 2530. The summed E-state index contributed by atoms with van der Waals surface area (Å²) in [4.78, 5) is 118. The molecule has 0 radical (unpaired) electrons. The smallest absolute Gasteiger partial charge is 0.412 e. The molecule has 0 spiro atoms. The van der Waals surface area contributed by atoms with Crippen molar-refractivity contribution >= 4 is 64.0 Å². The molecule has 4 unspecified atom stereocenters. The molecule has 5 heterocycles. The average Bonchev–Trinajstić information content (AvgIpc) is 3.73. The first-order valence-corrected chi connectivity index (χ1v) is 24.6. The average molecular weight is 1010 g/mol. The van der Waals surface area contributed by atoms with Gasteiger partial charge in [0.1, 0.15) is 24.7 Å². The quantitative estimate of drug-likeness (QED) is 0.0625. The standard InChI is InChI=1S/C10H16N5O13P3.C10H17N2O14P3.H2O/c11-10-13-8-7(9(17)14-10)12-3-15(8)6-1-4(16)5(26-6)2-25-30(21,22)28-31(23,24)27-29(18,19)20;1-5-3-12(10(15)11-9(5)14)8-2-6(13)7(24-8)4-23-28(19,20)26-29(21,22)25-27(16,17)18;/h3-6,16H,1-2H2,(H,21,22)(H,23,24)(H2,18,19,20)(H3,11,13,14,17);3,6-8,13H,2,4H2,1H3,(H,19,20)(H,21,22)(H,11,14,15)(H2,16,17,18);1H2/t4-,5+,6+;6-,7+,8+;/m00./s1. The van der Waals surface area contributed by atoms with Crippen molar-refractivity contribution < 1.29 is 118 Å². The van der Waals surface area contributed by atoms with Gasteiger partial charge in [-0.1, -0.05) is 0 Å². The van der Waals surface area contributed by atoms with Crippen molar-refractivity contribution in [2.75, 3.05) is 18.9 Å². The number of aryl methyl sites for hydroxylation is 1. The van der Waals surface area contributed by atoms with Crippen LogP contribution in [0, 0.1) is 6.92 Å². The van der Waals surface area contributed by atoms with Crippen LogP contribution in [0.2, 0.25) is 0 Å². The maximum atomic E-state index is 11.9. The van der Waals surface area contributed by atoms with E-state index in [1.54, 1.807) is 0 Å². The largest absolute Gasteiger partial charge is 0.490 e. The number of nitrogens with one attached hydrogen (secondary N) is 2. The molecule has 5 rings (SSSR count). The van der Waals surface area contributed by atoms with E-state index in [2.05, 4.69) is 41.2 Å². The van der Waals surface area contributed by atoms with Gasteiger partial charge in [0.25, 0.3) is 11.1 Å². The molecule has 2 aliphatic rings. The lowest BCUT2D eigenvalue weighted by atomic mass is 10.2. The minimum atomic E-state index is -5.67. The maximum absolute atomic E-state index is 11.9. The van der Waals surface area contributed by atoms with Gasteiger partial charge in [0.15, 0.2) is 11.2 Å². The van der Waals surface area contributed by atoms with Gasteiger partial charge in [0.05, 0.1) is 31.7 Å². The first kappa shape index (κ1) is 52.8. The summed E-state index contributed by atoms with van der Waals surface area (Å²) < 4.78 is 103. The molecule has 16 N–H and O–H groups in total. The molecule has 0 aromatic carbocycles. The number of imidazole rings is 1. The number of ether oxygens (including phenoxy) is 2. The van der Waals surface area contributed by atoms with Crippen LogP contribution in [-0.2, 0) is 63.2 Å². The summed E-state index contributed by atoms with van der Waals surface area (Å²) in [6.07, 6.45) is -5.03. The molecule has 3 aromatic rings. The Morgan fingerprint density at radius 1 is 0.721 bits per heavy atom. The van der Waals surface area contributed by atoms with Crippen molar-refractivity contribution in [3.63, 3.8) is 0 Å². The lowest BCUT2D eigenvalue weighted by Crippen LogP contribution is -2.33. The zero-order chi connectivity index (χ0) is 45.4. The summed E-state index contributed by atoms with van der Waals surface area (Å²) in [5.41, 5.74) is 3.62. The summed E-state index contributed by atoms with van der Waals surface area (Å²) in [5, 5.41) is 20.1. The first-order chi connectivity index (χ1) is 27.2. The second kappa shape index (κ2) is 19.7. The Labute approximate surface area is 335 Å². The molecular weight excluding hydrogens is 972 g/mol. The zero-order valence-electron chi connectivity index (χ0n) is 29.9. The van der Waals surface area contributed by atoms with Crippen LogP contribution >= 0.6 is 46.9 Å². The molecule has 348 valence electrons. The summed E-state index contributed by atoms with van der Waals surface area (Å²) in [6, 6.07) is 0. The van der Waals surface area contributed by atoms with Crippen molar-refractivity contribution in [1.29, 1.82) is 0 Å². The normalized spacial score (nSPS) is 26.0. The molecule has 0 bridgehead atoms. The van der Waals surface area contributed by atoms with Gasteiger partial charge in [-0.25, -0.2) is 37.2 Å². The predicted molar refractivity (Wildman–Crippen MR) is 191 cm³/mol. The molecule has 41 heteroatoms. The van der Waals surface area contributed by atoms with Crippen LogP contribution in [-0.4, -0.2) is 122 Å². The van der Waals surface area contributed by atoms with E-state index in [4.69, 9.17) is 44.6 Å². The van der Waals surface area contributed by atoms with Gasteiger partial charge in [-0.05, 0) is 6.92 Å². The Balaban J connectivity index is 0.000000321. The van der Waals surface area contributed by atoms with Crippen molar-refractivity contribution in [1.82, 2.24) is 29.1 Å². The SMILES string of the molecule is Cc1cn([C@H]2C[C@H](O)[C@@H](COP(=O)(O)OP(=O)(O)OP(=O)(O)O)O2)c(=O)[nH]c1=O.Nc1nc2c(ncn2[C@H]2C[C@H](O)[C@@H](COP(=O)(O)OP(=O)(O)OP(=O)(O)O)O2)c(=O)[nH]1.O. The molecule has 2 saturated heterocycles. The molecule has 2 fully saturated rings. The molecule has 35 nitrogen and oxygen atoms in total. The number of aromatic nitrogens is 6. The van der Waals surface area contributed by atoms with Gasteiger partial charge >= 0.3 is 52.6 Å². The van der Waals surface area contributed by atoms with E-state index in [0.717, 1.165) is 4.57 Å². The number of nitrogens with two attached hydrogens (primary N) is 1. The third-order valence-corrected chi connectivity index (χ3v) is 14.9. The summed E-state index contributed by atoms with van der Waals surface area (Å²) >= 11 is 0. The van der Waals surface area contributed by atoms with Crippen LogP contribution in [0.1, 0.15) is 30.9 Å². The Morgan fingerprint density at radius 3 is 1.61 bits per heavy atom. The van der Waals surface area contributed by atoms with Crippen molar-refractivity contribution in [2.24, 2.45) is 0 Å². The number of hydrogen-bond donors (Lipinski definition) is 13. The second-order valence-electron chi connectivity index (χ2n) is 11.9. The van der Waals surface area contributed by atoms with Crippen LogP contribution in [0.5, 0.6) is 0 Å². The summed E-state index contributed by atoms with van der Waals surface area (Å²) in [6.45, 7) is -0.296. The van der Waals surface area contributed by atoms with Gasteiger partial charge < -0.3 is 70.0 Å². The highest BCUT2D eigenvalue weighted by atomic mass is 31.3. The number of nitrogen functional groups attached to an aromatic ring is 1. The van der Waals surface area contributed by atoms with Crippen molar-refractivity contribution in [3.8, 4) is 0 Å². The fraction of sp³-hybridized carbons (Fsp3) is 0.550. The van der Waals surface area contributed by atoms with E-state index in [-0.39, 0.29) is 41.0 Å². The molecule has 0 aliphatic carbocycles. The molecule has 3 aromatic heterocycles. The number of aliphatic hydroxyl groups excluding tert-OH is 2. The number of H-pyrrole nitrogens is 2. The molecule has 2 aliphatic heterocycles. The number of nitrogens with zero attached hydrogens (tertiary/aromatic N) is 4. The number of aliphatic hydroxyl groups is 2. The van der Waals surface area contributed by atoms with E-state index in [1.807, 2.05) is 4.98 Å². The second-order valence-corrected chi connectivity index (χ2v) is 20.7. The predicted octanol–water partition coefficient (Wildman–Crippen LogP) is -3.29. The number of phosphoric acid groups is 6. The number of phosphoric ester groups is 2. The van der Waals surface area contributed by atoms with E-state index in [1.165, 1.54) is 24.0 Å². The maximum Gasteiger partial charge on any atom is 0.490 e. The van der Waals surface area contributed by atoms with Crippen molar-refractivity contribution in [3.05, 3.63) is 49.3 Å². The number of aromatic amines is 2. The van der Waals surface area contributed by atoms with Crippen LogP contribution in [0.3, 0.4) is 0 Å². The summed E-state index contributed by atoms with van der Waals surface area (Å²) in [5.74, 6) is -0.193. The van der Waals surface area contributed by atoms with Crippen molar-refractivity contribution in [2.45, 2.75) is 56.6 Å². The van der Waals surface area contributed by atoms with Gasteiger partial charge in [0, 0.05) is 24.6 Å². The Hall–Kier alpha value is -2.55. The van der Waals surface area contributed by atoms with Crippen LogP contribution in [0.25, 0.3) is 11.2 Å². The van der Waals surface area contributed by atoms with Crippen LogP contribution in [0.15, 0.2) is 26.9 Å². The monoisotopic (exact) mass is 1010 g/mol. The van der Waals surface area contributed by atoms with E-state index in [9.17, 15) is 61.8 Å². The van der Waals surface area contributed by atoms with Crippen LogP contribution in [0.4, 0.5) is 5.95 Å². The first-order valence-electron chi connectivity index (χ1n) is 15.5. The minimum absolute atomic E-state index is 0. The van der Waals surface area contributed by atoms with Gasteiger partial charge in [0.2, 0.25) is 5.95 Å². The third kappa shape index (κ3) is 15.6. The Morgan fingerprint density at radius 2 is 1.16 bits per heavy atom. The molecule has 61 heavy (non-hydrogen) atoms. The number of rotatable bonds is 16. The lowest BCUT2D eigenvalue weighted by Gasteiger charge is -2.19. The summed E-state index contributed by atoms with van der Waals surface area (Å²) in [7, 11) is -33.2. The highest BCUT2D eigenvalue weighted by Crippen LogP contribution is 2.67. The number of fused-ring (bicyclic) bond motifs is 1. The van der Waals surface area contributed by atoms with Gasteiger partial charge in [-0.15, -0.1) is 0 Å². The molecule has 0 amide bonds. The van der Waals surface area contributed by atoms with Gasteiger partial charge in [-0.3, -0.25) is 37.7 Å². The fourth-order valence-electron chi connectivity index (χ4n) is 4.97. The highest BCUT2D eigenvalue weighted by molar-refractivity contribution is 7.67. The molecule has 10 atom stereocenters. The number of anilines is 1. The fourth-order valence-corrected chi connectivity index (χ4v) is 11.0. The molecule has 0 saturated carbocycles.